The fraction of sp³-hybridized carbons (Fsp3) is 0.0500. The van der Waals surface area contributed by atoms with Crippen LogP contribution in [0, 0.1) is 17.5 Å². The molecule has 146 valence electrons. The number of pyridine rings is 1. The summed E-state index contributed by atoms with van der Waals surface area (Å²) in [5.74, 6) is -5.76. The van der Waals surface area contributed by atoms with Crippen LogP contribution in [0.2, 0.25) is 0 Å². The van der Waals surface area contributed by atoms with Crippen LogP contribution >= 0.6 is 0 Å². The minimum Gasteiger partial charge on any atom is -0.378 e. The van der Waals surface area contributed by atoms with Gasteiger partial charge in [-0.1, -0.05) is 30.3 Å². The second kappa shape index (κ2) is 7.63. The zero-order chi connectivity index (χ0) is 20.4. The molecule has 0 aliphatic heterocycles. The van der Waals surface area contributed by atoms with Crippen molar-refractivity contribution in [1.29, 1.82) is 0 Å². The van der Waals surface area contributed by atoms with Crippen molar-refractivity contribution >= 4 is 23.2 Å². The number of anilines is 2. The van der Waals surface area contributed by atoms with E-state index in [9.17, 15) is 18.0 Å². The Morgan fingerprint density at radius 3 is 2.55 bits per heavy atom. The number of benzene rings is 2. The summed E-state index contributed by atoms with van der Waals surface area (Å²) in [7, 11) is 0. The van der Waals surface area contributed by atoms with E-state index in [-0.39, 0.29) is 5.95 Å². The summed E-state index contributed by atoms with van der Waals surface area (Å²) < 4.78 is 41.7. The Morgan fingerprint density at radius 1 is 0.966 bits per heavy atom. The number of halogens is 3. The average Bonchev–Trinajstić information content (AvgIpc) is 3.14. The molecule has 0 aliphatic carbocycles. The number of rotatable bonds is 5. The van der Waals surface area contributed by atoms with Crippen LogP contribution in [0.4, 0.5) is 24.8 Å². The molecule has 2 N–H and O–H groups in total. The number of amides is 1. The molecule has 4 rings (SSSR count). The summed E-state index contributed by atoms with van der Waals surface area (Å²) in [5.41, 5.74) is 1.52. The number of nitrogens with zero attached hydrogens (tertiary/aromatic N) is 3. The summed E-state index contributed by atoms with van der Waals surface area (Å²) in [4.78, 5) is 16.5. The van der Waals surface area contributed by atoms with Crippen molar-refractivity contribution < 1.29 is 18.0 Å². The normalized spacial score (nSPS) is 10.9. The van der Waals surface area contributed by atoms with Crippen molar-refractivity contribution in [3.05, 3.63) is 89.4 Å². The highest BCUT2D eigenvalue weighted by atomic mass is 19.2. The number of hydrogen-bond donors (Lipinski definition) is 2. The van der Waals surface area contributed by atoms with Gasteiger partial charge in [-0.25, -0.2) is 17.7 Å². The highest BCUT2D eigenvalue weighted by Gasteiger charge is 2.20. The van der Waals surface area contributed by atoms with Gasteiger partial charge in [0.15, 0.2) is 23.1 Å². The number of carbonyl (C=O) groups is 1. The first-order valence-corrected chi connectivity index (χ1v) is 8.61. The molecule has 0 atom stereocenters. The largest absolute Gasteiger partial charge is 0.378 e. The van der Waals surface area contributed by atoms with Gasteiger partial charge >= 0.3 is 0 Å². The molecule has 0 saturated heterocycles. The molecule has 0 radical (unpaired) electrons. The molecule has 2 aromatic heterocycles. The van der Waals surface area contributed by atoms with Gasteiger partial charge in [0.25, 0.3) is 5.91 Å². The average molecular weight is 397 g/mol. The van der Waals surface area contributed by atoms with E-state index in [1.807, 2.05) is 30.3 Å². The van der Waals surface area contributed by atoms with Crippen LogP contribution in [0.5, 0.6) is 0 Å². The van der Waals surface area contributed by atoms with Gasteiger partial charge in [-0.05, 0) is 29.8 Å². The van der Waals surface area contributed by atoms with Crippen molar-refractivity contribution in [2.75, 3.05) is 10.6 Å². The van der Waals surface area contributed by atoms with Crippen LogP contribution in [-0.2, 0) is 6.54 Å². The molecule has 0 fully saturated rings. The third-order valence-electron chi connectivity index (χ3n) is 4.19. The maximum atomic E-state index is 13.8. The van der Waals surface area contributed by atoms with Crippen molar-refractivity contribution in [3.63, 3.8) is 0 Å². The third kappa shape index (κ3) is 3.75. The number of fused-ring (bicyclic) bond motifs is 1. The van der Waals surface area contributed by atoms with E-state index in [4.69, 9.17) is 0 Å². The van der Waals surface area contributed by atoms with Gasteiger partial charge in [0.05, 0.1) is 11.3 Å². The fourth-order valence-electron chi connectivity index (χ4n) is 2.76. The summed E-state index contributed by atoms with van der Waals surface area (Å²) in [5, 5.41) is 9.64. The van der Waals surface area contributed by atoms with E-state index >= 15 is 0 Å². The standard InChI is InChI=1S/C20H14F3N5O/c21-14-9-8-13(16(22)17(14)23)19(29)26-20-25-18-15(7-4-10-28(18)27-20)24-11-12-5-2-1-3-6-12/h1-10,24H,11H2,(H,26,27,29). The van der Waals surface area contributed by atoms with Crippen molar-refractivity contribution in [2.24, 2.45) is 0 Å². The Morgan fingerprint density at radius 2 is 1.76 bits per heavy atom. The Kier molecular flexibility index (Phi) is 4.86. The molecule has 4 aromatic rings. The van der Waals surface area contributed by atoms with Crippen LogP contribution in [-0.4, -0.2) is 20.5 Å². The number of aromatic nitrogens is 3. The van der Waals surface area contributed by atoms with E-state index < -0.39 is 28.9 Å². The fourth-order valence-corrected chi connectivity index (χ4v) is 2.76. The smallest absolute Gasteiger partial charge is 0.261 e. The van der Waals surface area contributed by atoms with Gasteiger partial charge in [-0.3, -0.25) is 10.1 Å². The number of carbonyl (C=O) groups excluding carboxylic acids is 1. The SMILES string of the molecule is O=C(Nc1nc2c(NCc3ccccc3)cccn2n1)c1ccc(F)c(F)c1F. The lowest BCUT2D eigenvalue weighted by Crippen LogP contribution is -2.16. The summed E-state index contributed by atoms with van der Waals surface area (Å²) in [6.45, 7) is 0.551. The van der Waals surface area contributed by atoms with Crippen LogP contribution in [0.1, 0.15) is 15.9 Å². The maximum Gasteiger partial charge on any atom is 0.261 e. The predicted octanol–water partition coefficient (Wildman–Crippen LogP) is 4.01. The van der Waals surface area contributed by atoms with Crippen molar-refractivity contribution in [1.82, 2.24) is 14.6 Å². The monoisotopic (exact) mass is 397 g/mol. The van der Waals surface area contributed by atoms with E-state index in [0.717, 1.165) is 11.6 Å². The molecule has 29 heavy (non-hydrogen) atoms. The summed E-state index contributed by atoms with van der Waals surface area (Å²) in [6.07, 6.45) is 1.63. The lowest BCUT2D eigenvalue weighted by molar-refractivity contribution is 0.102. The van der Waals surface area contributed by atoms with Gasteiger partial charge in [0.2, 0.25) is 5.95 Å². The molecular formula is C20H14F3N5O. The molecule has 2 heterocycles. The molecule has 0 unspecified atom stereocenters. The molecule has 2 aromatic carbocycles. The van der Waals surface area contributed by atoms with E-state index in [1.165, 1.54) is 4.52 Å². The summed E-state index contributed by atoms with van der Waals surface area (Å²) >= 11 is 0. The van der Waals surface area contributed by atoms with Crippen LogP contribution in [0.25, 0.3) is 5.65 Å². The Hall–Kier alpha value is -3.88. The molecule has 1 amide bonds. The highest BCUT2D eigenvalue weighted by Crippen LogP contribution is 2.19. The van der Waals surface area contributed by atoms with Gasteiger partial charge < -0.3 is 5.32 Å². The van der Waals surface area contributed by atoms with Crippen LogP contribution < -0.4 is 10.6 Å². The van der Waals surface area contributed by atoms with Gasteiger partial charge in [0.1, 0.15) is 0 Å². The Labute approximate surface area is 163 Å². The zero-order valence-electron chi connectivity index (χ0n) is 14.9. The summed E-state index contributed by atoms with van der Waals surface area (Å²) in [6, 6.07) is 14.8. The lowest BCUT2D eigenvalue weighted by atomic mass is 10.2. The quantitative estimate of drug-likeness (QED) is 0.499. The van der Waals surface area contributed by atoms with E-state index in [1.54, 1.807) is 18.3 Å². The zero-order valence-corrected chi connectivity index (χ0v) is 14.9. The van der Waals surface area contributed by atoms with E-state index in [0.29, 0.717) is 23.9 Å². The number of hydrogen-bond acceptors (Lipinski definition) is 4. The highest BCUT2D eigenvalue weighted by molar-refractivity contribution is 6.03. The molecule has 0 spiro atoms. The Balaban J connectivity index is 1.56. The van der Waals surface area contributed by atoms with Gasteiger partial charge in [0, 0.05) is 12.7 Å². The van der Waals surface area contributed by atoms with Crippen LogP contribution in [0.15, 0.2) is 60.8 Å². The molecule has 9 heteroatoms. The minimum absolute atomic E-state index is 0.104. The third-order valence-corrected chi connectivity index (χ3v) is 4.19. The first-order chi connectivity index (χ1) is 14.0. The second-order valence-electron chi connectivity index (χ2n) is 6.14. The minimum atomic E-state index is -1.71. The molecule has 0 bridgehead atoms. The van der Waals surface area contributed by atoms with Gasteiger partial charge in [-0.15, -0.1) is 5.10 Å². The van der Waals surface area contributed by atoms with Crippen molar-refractivity contribution in [3.8, 4) is 0 Å². The predicted molar refractivity (Wildman–Crippen MR) is 101 cm³/mol. The number of nitrogens with one attached hydrogen (secondary N) is 2. The van der Waals surface area contributed by atoms with Gasteiger partial charge in [-0.2, -0.15) is 4.98 Å². The molecule has 0 saturated carbocycles. The van der Waals surface area contributed by atoms with E-state index in [2.05, 4.69) is 20.7 Å². The first kappa shape index (κ1) is 18.5. The maximum absolute atomic E-state index is 13.8. The molecule has 0 aliphatic rings. The van der Waals surface area contributed by atoms with Crippen LogP contribution in [0.3, 0.4) is 0 Å². The Bertz CT molecular complexity index is 1190. The lowest BCUT2D eigenvalue weighted by Gasteiger charge is -2.06. The molecular weight excluding hydrogens is 383 g/mol. The molecule has 6 nitrogen and oxygen atoms in total. The van der Waals surface area contributed by atoms with Crippen molar-refractivity contribution in [2.45, 2.75) is 6.54 Å². The topological polar surface area (TPSA) is 71.3 Å². The first-order valence-electron chi connectivity index (χ1n) is 8.61. The second-order valence-corrected chi connectivity index (χ2v) is 6.14.